The molecule has 0 saturated carbocycles. The fraction of sp³-hybridized carbons (Fsp3) is 0.259. The summed E-state index contributed by atoms with van der Waals surface area (Å²) in [5.74, 6) is -4.58. The van der Waals surface area contributed by atoms with Crippen molar-refractivity contribution in [2.24, 2.45) is 0 Å². The molecule has 3 N–H and O–H groups in total. The Balaban J connectivity index is 1.67. The van der Waals surface area contributed by atoms with Gasteiger partial charge in [0.15, 0.2) is 5.60 Å². The van der Waals surface area contributed by atoms with Crippen molar-refractivity contribution < 1.29 is 28.6 Å². The van der Waals surface area contributed by atoms with E-state index in [2.05, 4.69) is 5.32 Å². The predicted octanol–water partition coefficient (Wildman–Crippen LogP) is 5.07. The van der Waals surface area contributed by atoms with Crippen LogP contribution >= 0.6 is 11.6 Å². The van der Waals surface area contributed by atoms with E-state index in [-0.39, 0.29) is 27.7 Å². The van der Waals surface area contributed by atoms with Crippen LogP contribution in [0.5, 0.6) is 0 Å². The molecule has 9 heteroatoms. The first kappa shape index (κ1) is 25.8. The number of hydrogen-bond donors (Lipinski definition) is 3. The lowest BCUT2D eigenvalue weighted by molar-refractivity contribution is -0.205. The van der Waals surface area contributed by atoms with Crippen LogP contribution in [-0.2, 0) is 5.60 Å². The summed E-state index contributed by atoms with van der Waals surface area (Å²) in [6.07, 6.45) is -0.869. The Morgan fingerprint density at radius 2 is 1.78 bits per heavy atom. The third-order valence-electron chi connectivity index (χ3n) is 6.53. The minimum absolute atomic E-state index is 0.0349. The van der Waals surface area contributed by atoms with Crippen molar-refractivity contribution >= 4 is 34.8 Å². The van der Waals surface area contributed by atoms with Crippen molar-refractivity contribution in [3.8, 4) is 0 Å². The number of alkyl halides is 2. The van der Waals surface area contributed by atoms with Gasteiger partial charge in [0.05, 0.1) is 12.3 Å². The van der Waals surface area contributed by atoms with Gasteiger partial charge in [0.2, 0.25) is 0 Å². The molecule has 1 atom stereocenters. The molecule has 4 rings (SSSR count). The number of benzene rings is 3. The maximum absolute atomic E-state index is 14.9. The number of amides is 2. The molecule has 0 unspecified atom stereocenters. The van der Waals surface area contributed by atoms with Crippen LogP contribution in [0.25, 0.3) is 0 Å². The number of anilines is 2. The number of fused-ring (bicyclic) bond motifs is 1. The Hall–Kier alpha value is -3.33. The number of nitrogens with one attached hydrogen (secondary N) is 1. The van der Waals surface area contributed by atoms with Crippen molar-refractivity contribution in [3.05, 3.63) is 93.5 Å². The average molecular weight is 515 g/mol. The van der Waals surface area contributed by atoms with Gasteiger partial charge in [0, 0.05) is 40.4 Å². The van der Waals surface area contributed by atoms with E-state index in [0.29, 0.717) is 16.8 Å². The highest BCUT2D eigenvalue weighted by Gasteiger charge is 2.56. The van der Waals surface area contributed by atoms with Crippen molar-refractivity contribution in [3.63, 3.8) is 0 Å². The molecule has 188 valence electrons. The first-order valence-corrected chi connectivity index (χ1v) is 11.7. The first-order valence-electron chi connectivity index (χ1n) is 11.3. The van der Waals surface area contributed by atoms with Gasteiger partial charge in [-0.15, -0.1) is 0 Å². The average Bonchev–Trinajstić information content (AvgIpc) is 2.93. The van der Waals surface area contributed by atoms with Gasteiger partial charge in [0.25, 0.3) is 17.7 Å². The monoisotopic (exact) mass is 514 g/mol. The van der Waals surface area contributed by atoms with E-state index >= 15 is 0 Å². The quantitative estimate of drug-likeness (QED) is 0.453. The summed E-state index contributed by atoms with van der Waals surface area (Å²) in [4.78, 5) is 27.3. The Labute approximate surface area is 212 Å². The number of aliphatic hydroxyl groups is 2. The van der Waals surface area contributed by atoms with Crippen molar-refractivity contribution in [2.75, 3.05) is 23.4 Å². The fourth-order valence-corrected chi connectivity index (χ4v) is 4.55. The molecular weight excluding hydrogens is 490 g/mol. The highest BCUT2D eigenvalue weighted by atomic mass is 35.5. The smallest absolute Gasteiger partial charge is 0.284 e. The predicted molar refractivity (Wildman–Crippen MR) is 134 cm³/mol. The minimum Gasteiger partial charge on any atom is -0.393 e. The molecule has 0 bridgehead atoms. The Morgan fingerprint density at radius 3 is 2.44 bits per heavy atom. The third-order valence-corrected chi connectivity index (χ3v) is 6.77. The van der Waals surface area contributed by atoms with Gasteiger partial charge in [-0.2, -0.15) is 0 Å². The second-order valence-electron chi connectivity index (χ2n) is 8.89. The number of aryl methyl sites for hydroxylation is 2. The van der Waals surface area contributed by atoms with Crippen molar-refractivity contribution in [1.82, 2.24) is 0 Å². The Bertz CT molecular complexity index is 1350. The number of aliphatic hydroxyl groups excluding tert-OH is 1. The summed E-state index contributed by atoms with van der Waals surface area (Å²) in [5, 5.41) is 23.4. The largest absolute Gasteiger partial charge is 0.393 e. The van der Waals surface area contributed by atoms with E-state index < -0.39 is 37.0 Å². The fourth-order valence-electron chi connectivity index (χ4n) is 4.37. The molecule has 1 aliphatic heterocycles. The van der Waals surface area contributed by atoms with E-state index in [1.165, 1.54) is 18.2 Å². The lowest BCUT2D eigenvalue weighted by atomic mass is 9.86. The minimum atomic E-state index is -3.71. The van der Waals surface area contributed by atoms with Gasteiger partial charge < -0.3 is 20.4 Å². The van der Waals surface area contributed by atoms with Crippen LogP contribution < -0.4 is 10.2 Å². The van der Waals surface area contributed by atoms with Crippen LogP contribution in [0.15, 0.2) is 60.7 Å². The summed E-state index contributed by atoms with van der Waals surface area (Å²) in [5.41, 5.74) is -0.537. The molecule has 0 saturated heterocycles. The molecule has 0 fully saturated rings. The molecular formula is C27H25ClF2N2O4. The van der Waals surface area contributed by atoms with Gasteiger partial charge >= 0.3 is 0 Å². The van der Waals surface area contributed by atoms with Gasteiger partial charge in [-0.05, 0) is 67.4 Å². The van der Waals surface area contributed by atoms with Gasteiger partial charge in [-0.25, -0.2) is 8.78 Å². The summed E-state index contributed by atoms with van der Waals surface area (Å²) < 4.78 is 29.9. The van der Waals surface area contributed by atoms with Crippen LogP contribution in [-0.4, -0.2) is 41.1 Å². The molecule has 2 amide bonds. The molecule has 0 radical (unpaired) electrons. The number of hydrogen-bond acceptors (Lipinski definition) is 4. The molecule has 0 spiro atoms. The molecule has 1 heterocycles. The number of nitrogens with zero attached hydrogens (tertiary/aromatic N) is 1. The third kappa shape index (κ3) is 4.48. The van der Waals surface area contributed by atoms with Crippen LogP contribution in [0, 0.1) is 13.8 Å². The summed E-state index contributed by atoms with van der Waals surface area (Å²) in [6, 6.07) is 15.7. The summed E-state index contributed by atoms with van der Waals surface area (Å²) in [7, 11) is 0. The summed E-state index contributed by atoms with van der Waals surface area (Å²) >= 11 is 6.01. The second kappa shape index (κ2) is 9.61. The van der Waals surface area contributed by atoms with Gasteiger partial charge in [-0.1, -0.05) is 29.8 Å². The lowest BCUT2D eigenvalue weighted by Crippen LogP contribution is -2.48. The number of halogens is 3. The standard InChI is InChI=1S/C27H25ClF2N2O4/c1-16-5-3-4-6-20(16)24(34)31-22-9-7-18(13-17(22)2)25(35)32-12-11-27(29,30)26(36,15-33)21-14-19(28)8-10-23(21)32/h3-10,13-14,33,36H,11-12,15H2,1-2H3,(H,31,34)/t26-/m0/s1. The Morgan fingerprint density at radius 1 is 1.06 bits per heavy atom. The van der Waals surface area contributed by atoms with E-state index in [1.807, 2.05) is 19.1 Å². The van der Waals surface area contributed by atoms with Gasteiger partial charge in [0.1, 0.15) is 0 Å². The van der Waals surface area contributed by atoms with E-state index in [1.54, 1.807) is 31.2 Å². The zero-order chi connectivity index (χ0) is 26.3. The van der Waals surface area contributed by atoms with E-state index in [4.69, 9.17) is 11.6 Å². The Kier molecular flexibility index (Phi) is 6.88. The highest BCUT2D eigenvalue weighted by molar-refractivity contribution is 6.30. The topological polar surface area (TPSA) is 89.9 Å². The zero-order valence-electron chi connectivity index (χ0n) is 19.7. The SMILES string of the molecule is Cc1cc(C(=O)N2CCC(F)(F)[C@](O)(CO)c3cc(Cl)ccc32)ccc1NC(=O)c1ccccc1C. The number of carbonyl (C=O) groups excluding carboxylic acids is 2. The summed E-state index contributed by atoms with van der Waals surface area (Å²) in [6.45, 7) is 1.91. The van der Waals surface area contributed by atoms with Crippen molar-refractivity contribution in [2.45, 2.75) is 31.8 Å². The normalized spacial score (nSPS) is 18.8. The molecule has 3 aromatic rings. The lowest BCUT2D eigenvalue weighted by Gasteiger charge is -2.33. The van der Waals surface area contributed by atoms with Crippen LogP contribution in [0.3, 0.4) is 0 Å². The van der Waals surface area contributed by atoms with Crippen molar-refractivity contribution in [1.29, 1.82) is 0 Å². The van der Waals surface area contributed by atoms with Crippen LogP contribution in [0.1, 0.15) is 43.8 Å². The molecule has 3 aromatic carbocycles. The highest BCUT2D eigenvalue weighted by Crippen LogP contribution is 2.47. The van der Waals surface area contributed by atoms with Crippen LogP contribution in [0.4, 0.5) is 20.2 Å². The number of carbonyl (C=O) groups is 2. The maximum atomic E-state index is 14.9. The van der Waals surface area contributed by atoms with E-state index in [9.17, 15) is 28.6 Å². The second-order valence-corrected chi connectivity index (χ2v) is 9.33. The first-order chi connectivity index (χ1) is 17.0. The molecule has 6 nitrogen and oxygen atoms in total. The van der Waals surface area contributed by atoms with E-state index in [0.717, 1.165) is 16.5 Å². The molecule has 0 aliphatic carbocycles. The zero-order valence-corrected chi connectivity index (χ0v) is 20.4. The number of rotatable bonds is 4. The van der Waals surface area contributed by atoms with Gasteiger partial charge in [-0.3, -0.25) is 9.59 Å². The molecule has 0 aromatic heterocycles. The molecule has 36 heavy (non-hydrogen) atoms. The molecule has 1 aliphatic rings. The maximum Gasteiger partial charge on any atom is 0.284 e. The van der Waals surface area contributed by atoms with Crippen LogP contribution in [0.2, 0.25) is 5.02 Å².